The van der Waals surface area contributed by atoms with Crippen molar-refractivity contribution in [3.8, 4) is 11.5 Å². The van der Waals surface area contributed by atoms with Gasteiger partial charge in [0.1, 0.15) is 0 Å². The molecule has 6 heteroatoms. The quantitative estimate of drug-likeness (QED) is 0.912. The van der Waals surface area contributed by atoms with Gasteiger partial charge in [-0.1, -0.05) is 18.2 Å². The molecule has 0 radical (unpaired) electrons. The summed E-state index contributed by atoms with van der Waals surface area (Å²) in [5.41, 5.74) is 0.881. The van der Waals surface area contributed by atoms with Crippen LogP contribution in [0, 0.1) is 0 Å². The number of benzene rings is 1. The van der Waals surface area contributed by atoms with E-state index in [1.807, 2.05) is 35.2 Å². The van der Waals surface area contributed by atoms with Crippen molar-refractivity contribution in [3.63, 3.8) is 0 Å². The smallest absolute Gasteiger partial charge is 0.263 e. The van der Waals surface area contributed by atoms with Gasteiger partial charge in [-0.15, -0.1) is 0 Å². The average molecular weight is 286 g/mol. The van der Waals surface area contributed by atoms with Crippen LogP contribution in [0.5, 0.6) is 0 Å². The van der Waals surface area contributed by atoms with Crippen molar-refractivity contribution in [1.82, 2.24) is 15.0 Å². The van der Waals surface area contributed by atoms with E-state index in [9.17, 15) is 4.79 Å². The Balaban J connectivity index is 1.50. The first-order valence-electron chi connectivity index (χ1n) is 7.24. The van der Waals surface area contributed by atoms with Gasteiger partial charge in [-0.2, -0.15) is 4.98 Å². The van der Waals surface area contributed by atoms with Crippen molar-refractivity contribution < 1.29 is 9.32 Å². The van der Waals surface area contributed by atoms with Crippen LogP contribution in [0.3, 0.4) is 0 Å². The molecule has 2 heterocycles. The number of carbonyl (C=O) groups excluding carboxylic acids is 1. The highest BCUT2D eigenvalue weighted by molar-refractivity contribution is 5.76. The number of aromatic nitrogens is 2. The molecule has 1 N–H and O–H groups in total. The molecule has 0 bridgehead atoms. The van der Waals surface area contributed by atoms with Crippen molar-refractivity contribution >= 4 is 11.9 Å². The molecule has 3 rings (SSSR count). The predicted molar refractivity (Wildman–Crippen MR) is 78.7 cm³/mol. The van der Waals surface area contributed by atoms with Crippen LogP contribution < -0.4 is 5.32 Å². The maximum atomic E-state index is 11.9. The number of nitrogens with one attached hydrogen (secondary N) is 1. The van der Waals surface area contributed by atoms with Gasteiger partial charge in [0, 0.05) is 31.6 Å². The number of carbonyl (C=O) groups is 1. The number of likely N-dealkylation sites (tertiary alicyclic amines) is 1. The van der Waals surface area contributed by atoms with E-state index in [1.165, 1.54) is 0 Å². The Kier molecular flexibility index (Phi) is 4.14. The lowest BCUT2D eigenvalue weighted by atomic mass is 10.2. The molecular weight excluding hydrogens is 268 g/mol. The number of hydrogen-bond acceptors (Lipinski definition) is 5. The molecule has 2 aromatic rings. The zero-order valence-corrected chi connectivity index (χ0v) is 11.8. The van der Waals surface area contributed by atoms with Crippen molar-refractivity contribution in [3.05, 3.63) is 30.3 Å². The zero-order chi connectivity index (χ0) is 14.5. The SMILES string of the molecule is O=C(CCNc1noc(-c2ccccc2)n1)N1CCCC1. The average Bonchev–Trinajstić information content (AvgIpc) is 3.20. The fraction of sp³-hybridized carbons (Fsp3) is 0.400. The van der Waals surface area contributed by atoms with Gasteiger partial charge in [0.2, 0.25) is 5.91 Å². The topological polar surface area (TPSA) is 71.3 Å². The molecule has 1 saturated heterocycles. The zero-order valence-electron chi connectivity index (χ0n) is 11.8. The summed E-state index contributed by atoms with van der Waals surface area (Å²) in [6.07, 6.45) is 2.68. The lowest BCUT2D eigenvalue weighted by molar-refractivity contribution is -0.129. The molecule has 1 aliphatic rings. The van der Waals surface area contributed by atoms with Gasteiger partial charge in [0.05, 0.1) is 0 Å². The standard InChI is InChI=1S/C15H18N4O2/c20-13(19-10-4-5-11-19)8-9-16-15-17-14(21-18-15)12-6-2-1-3-7-12/h1-3,6-7H,4-5,8-11H2,(H,16,18). The van der Waals surface area contributed by atoms with E-state index >= 15 is 0 Å². The highest BCUT2D eigenvalue weighted by Crippen LogP contribution is 2.17. The summed E-state index contributed by atoms with van der Waals surface area (Å²) in [4.78, 5) is 18.1. The Labute approximate surface area is 123 Å². The summed E-state index contributed by atoms with van der Waals surface area (Å²) in [6, 6.07) is 9.59. The summed E-state index contributed by atoms with van der Waals surface area (Å²) in [5, 5.41) is 6.89. The number of rotatable bonds is 5. The van der Waals surface area contributed by atoms with E-state index in [0.717, 1.165) is 31.5 Å². The highest BCUT2D eigenvalue weighted by Gasteiger charge is 2.17. The molecular formula is C15H18N4O2. The van der Waals surface area contributed by atoms with E-state index in [-0.39, 0.29) is 5.91 Å². The molecule has 0 atom stereocenters. The van der Waals surface area contributed by atoms with Gasteiger partial charge in [-0.05, 0) is 30.1 Å². The lowest BCUT2D eigenvalue weighted by Crippen LogP contribution is -2.29. The lowest BCUT2D eigenvalue weighted by Gasteiger charge is -2.14. The first-order chi connectivity index (χ1) is 10.3. The maximum absolute atomic E-state index is 11.9. The second-order valence-electron chi connectivity index (χ2n) is 5.05. The number of nitrogens with zero attached hydrogens (tertiary/aromatic N) is 3. The minimum Gasteiger partial charge on any atom is -0.351 e. The van der Waals surface area contributed by atoms with Crippen LogP contribution in [-0.4, -0.2) is 40.6 Å². The number of hydrogen-bond donors (Lipinski definition) is 1. The van der Waals surface area contributed by atoms with Crippen LogP contribution in [0.2, 0.25) is 0 Å². The number of amides is 1. The molecule has 1 fully saturated rings. The second-order valence-corrected chi connectivity index (χ2v) is 5.05. The van der Waals surface area contributed by atoms with Crippen LogP contribution in [0.4, 0.5) is 5.95 Å². The summed E-state index contributed by atoms with van der Waals surface area (Å²) in [5.74, 6) is 1.08. The Bertz CT molecular complexity index is 591. The minimum atomic E-state index is 0.187. The minimum absolute atomic E-state index is 0.187. The molecule has 1 aliphatic heterocycles. The van der Waals surface area contributed by atoms with Gasteiger partial charge < -0.3 is 14.7 Å². The van der Waals surface area contributed by atoms with Gasteiger partial charge in [-0.3, -0.25) is 4.79 Å². The molecule has 1 aromatic carbocycles. The third-order valence-corrected chi connectivity index (χ3v) is 3.53. The molecule has 0 saturated carbocycles. The first-order valence-corrected chi connectivity index (χ1v) is 7.24. The molecule has 0 unspecified atom stereocenters. The summed E-state index contributed by atoms with van der Waals surface area (Å²) in [7, 11) is 0. The van der Waals surface area contributed by atoms with Crippen molar-refractivity contribution in [2.24, 2.45) is 0 Å². The molecule has 110 valence electrons. The molecule has 1 aromatic heterocycles. The molecule has 21 heavy (non-hydrogen) atoms. The predicted octanol–water partition coefficient (Wildman–Crippen LogP) is 2.16. The Morgan fingerprint density at radius 2 is 2.00 bits per heavy atom. The van der Waals surface area contributed by atoms with E-state index < -0.39 is 0 Å². The normalized spacial score (nSPS) is 14.4. The van der Waals surface area contributed by atoms with Crippen LogP contribution in [-0.2, 0) is 4.79 Å². The summed E-state index contributed by atoms with van der Waals surface area (Å²) < 4.78 is 5.19. The largest absolute Gasteiger partial charge is 0.351 e. The number of anilines is 1. The molecule has 0 spiro atoms. The Morgan fingerprint density at radius 1 is 1.24 bits per heavy atom. The van der Waals surface area contributed by atoms with Crippen LogP contribution in [0.15, 0.2) is 34.9 Å². The second kappa shape index (κ2) is 6.39. The summed E-state index contributed by atoms with van der Waals surface area (Å²) >= 11 is 0. The van der Waals surface area contributed by atoms with Gasteiger partial charge in [0.25, 0.3) is 11.8 Å². The van der Waals surface area contributed by atoms with Crippen molar-refractivity contribution in [2.45, 2.75) is 19.3 Å². The van der Waals surface area contributed by atoms with Crippen molar-refractivity contribution in [2.75, 3.05) is 25.0 Å². The monoisotopic (exact) mass is 286 g/mol. The van der Waals surface area contributed by atoms with Crippen LogP contribution in [0.1, 0.15) is 19.3 Å². The van der Waals surface area contributed by atoms with E-state index in [2.05, 4.69) is 15.5 Å². The molecule has 0 aliphatic carbocycles. The van der Waals surface area contributed by atoms with Crippen LogP contribution in [0.25, 0.3) is 11.5 Å². The maximum Gasteiger partial charge on any atom is 0.263 e. The van der Waals surface area contributed by atoms with Gasteiger partial charge in [-0.25, -0.2) is 0 Å². The van der Waals surface area contributed by atoms with Crippen molar-refractivity contribution in [1.29, 1.82) is 0 Å². The highest BCUT2D eigenvalue weighted by atomic mass is 16.5. The van der Waals surface area contributed by atoms with E-state index in [4.69, 9.17) is 4.52 Å². The third-order valence-electron chi connectivity index (χ3n) is 3.53. The van der Waals surface area contributed by atoms with Crippen LogP contribution >= 0.6 is 0 Å². The molecule has 1 amide bonds. The fourth-order valence-electron chi connectivity index (χ4n) is 2.40. The Hall–Kier alpha value is -2.37. The van der Waals surface area contributed by atoms with Gasteiger partial charge >= 0.3 is 0 Å². The third kappa shape index (κ3) is 3.39. The molecule has 6 nitrogen and oxygen atoms in total. The van der Waals surface area contributed by atoms with E-state index in [0.29, 0.717) is 24.8 Å². The fourth-order valence-corrected chi connectivity index (χ4v) is 2.40. The Morgan fingerprint density at radius 3 is 2.76 bits per heavy atom. The van der Waals surface area contributed by atoms with Gasteiger partial charge in [0.15, 0.2) is 0 Å². The first kappa shape index (κ1) is 13.6. The van der Waals surface area contributed by atoms with E-state index in [1.54, 1.807) is 0 Å². The summed E-state index contributed by atoms with van der Waals surface area (Å²) in [6.45, 7) is 2.29.